The zero-order chi connectivity index (χ0) is 13.4. The topological polar surface area (TPSA) is 105 Å². The highest BCUT2D eigenvalue weighted by molar-refractivity contribution is 5.73. The van der Waals surface area contributed by atoms with Crippen LogP contribution in [0.25, 0.3) is 0 Å². The second-order valence-electron chi connectivity index (χ2n) is 4.10. The van der Waals surface area contributed by atoms with Gasteiger partial charge in [0.1, 0.15) is 0 Å². The van der Waals surface area contributed by atoms with Crippen LogP contribution in [0.1, 0.15) is 24.8 Å². The Balaban J connectivity index is 2.41. The first-order valence-corrected chi connectivity index (χ1v) is 5.91. The van der Waals surface area contributed by atoms with E-state index in [1.54, 1.807) is 6.07 Å². The summed E-state index contributed by atoms with van der Waals surface area (Å²) in [6.45, 7) is 0.767. The summed E-state index contributed by atoms with van der Waals surface area (Å²) in [6.07, 6.45) is 2.38. The highest BCUT2D eigenvalue weighted by Crippen LogP contribution is 2.18. The molecule has 0 saturated carbocycles. The van der Waals surface area contributed by atoms with E-state index in [1.165, 1.54) is 0 Å². The quantitative estimate of drug-likeness (QED) is 0.499. The van der Waals surface area contributed by atoms with Gasteiger partial charge in [0, 0.05) is 24.3 Å². The molecule has 0 unspecified atom stereocenters. The van der Waals surface area contributed by atoms with Crippen molar-refractivity contribution >= 4 is 17.3 Å². The van der Waals surface area contributed by atoms with Crippen LogP contribution in [0.2, 0.25) is 0 Å². The van der Waals surface area contributed by atoms with Gasteiger partial charge in [-0.05, 0) is 36.6 Å². The van der Waals surface area contributed by atoms with Crippen LogP contribution in [0, 0.1) is 11.3 Å². The van der Waals surface area contributed by atoms with Crippen molar-refractivity contribution in [3.05, 3.63) is 23.8 Å². The Labute approximate surface area is 107 Å². The molecular weight excluding hydrogens is 228 g/mol. The van der Waals surface area contributed by atoms with Gasteiger partial charge < -0.3 is 16.8 Å². The van der Waals surface area contributed by atoms with E-state index in [9.17, 15) is 4.79 Å². The van der Waals surface area contributed by atoms with Gasteiger partial charge in [-0.25, -0.2) is 0 Å². The largest absolute Gasteiger partial charge is 0.398 e. The molecule has 1 aromatic rings. The van der Waals surface area contributed by atoms with Crippen molar-refractivity contribution in [2.45, 2.75) is 25.7 Å². The number of benzene rings is 1. The number of carbonyl (C=O) groups is 1. The van der Waals surface area contributed by atoms with Gasteiger partial charge in [-0.2, -0.15) is 5.26 Å². The highest BCUT2D eigenvalue weighted by atomic mass is 16.1. The molecule has 0 spiro atoms. The summed E-state index contributed by atoms with van der Waals surface area (Å²) < 4.78 is 0. The molecule has 0 radical (unpaired) electrons. The van der Waals surface area contributed by atoms with E-state index in [-0.39, 0.29) is 5.91 Å². The van der Waals surface area contributed by atoms with Crippen LogP contribution in [0.4, 0.5) is 11.4 Å². The maximum Gasteiger partial charge on any atom is 0.217 e. The van der Waals surface area contributed by atoms with Gasteiger partial charge in [-0.15, -0.1) is 0 Å². The fourth-order valence-electron chi connectivity index (χ4n) is 1.61. The smallest absolute Gasteiger partial charge is 0.217 e. The molecule has 1 rings (SSSR count). The van der Waals surface area contributed by atoms with Crippen LogP contribution >= 0.6 is 0 Å². The Kier molecular flexibility index (Phi) is 5.52. The summed E-state index contributed by atoms with van der Waals surface area (Å²) in [5.41, 5.74) is 13.2. The molecule has 5 N–H and O–H groups in total. The Hall–Kier alpha value is -2.22. The van der Waals surface area contributed by atoms with E-state index in [0.29, 0.717) is 18.5 Å². The molecule has 96 valence electrons. The SMILES string of the molecule is N#CCc1cc(NCCCCC(N)=O)ccc1N. The predicted molar refractivity (Wildman–Crippen MR) is 71.7 cm³/mol. The molecule has 0 aliphatic carbocycles. The number of hydrogen-bond donors (Lipinski definition) is 3. The van der Waals surface area contributed by atoms with Gasteiger partial charge in [0.25, 0.3) is 0 Å². The van der Waals surface area contributed by atoms with Crippen molar-refractivity contribution in [1.82, 2.24) is 0 Å². The Morgan fingerprint density at radius 1 is 1.39 bits per heavy atom. The minimum Gasteiger partial charge on any atom is -0.398 e. The molecular formula is C13H18N4O. The van der Waals surface area contributed by atoms with Gasteiger partial charge in [0.2, 0.25) is 5.91 Å². The first-order valence-electron chi connectivity index (χ1n) is 5.91. The third-order valence-corrected chi connectivity index (χ3v) is 2.59. The molecule has 0 heterocycles. The summed E-state index contributed by atoms with van der Waals surface area (Å²) in [5, 5.41) is 11.9. The monoisotopic (exact) mass is 246 g/mol. The molecule has 1 aromatic carbocycles. The van der Waals surface area contributed by atoms with Crippen molar-refractivity contribution in [2.24, 2.45) is 5.73 Å². The van der Waals surface area contributed by atoms with Crippen LogP contribution in [0.5, 0.6) is 0 Å². The molecule has 0 bridgehead atoms. The number of nitrogens with zero attached hydrogens (tertiary/aromatic N) is 1. The van der Waals surface area contributed by atoms with Crippen molar-refractivity contribution in [1.29, 1.82) is 5.26 Å². The van der Waals surface area contributed by atoms with E-state index in [1.807, 2.05) is 12.1 Å². The minimum atomic E-state index is -0.265. The van der Waals surface area contributed by atoms with Crippen LogP contribution in [0.3, 0.4) is 0 Å². The normalized spacial score (nSPS) is 9.72. The van der Waals surface area contributed by atoms with Crippen molar-refractivity contribution in [3.8, 4) is 6.07 Å². The number of primary amides is 1. The molecule has 0 fully saturated rings. The third kappa shape index (κ3) is 4.74. The average molecular weight is 246 g/mol. The summed E-state index contributed by atoms with van der Waals surface area (Å²) >= 11 is 0. The Morgan fingerprint density at radius 3 is 2.83 bits per heavy atom. The summed E-state index contributed by atoms with van der Waals surface area (Å²) in [6, 6.07) is 7.63. The van der Waals surface area contributed by atoms with E-state index >= 15 is 0 Å². The molecule has 5 nitrogen and oxygen atoms in total. The molecule has 0 aliphatic heterocycles. The minimum absolute atomic E-state index is 0.265. The standard InChI is InChI=1S/C13H18N4O/c14-7-6-10-9-11(4-5-12(10)15)17-8-2-1-3-13(16)18/h4-5,9,17H,1-3,6,8,15H2,(H2,16,18). The maximum absolute atomic E-state index is 10.5. The van der Waals surface area contributed by atoms with Gasteiger partial charge in [-0.3, -0.25) is 4.79 Å². The number of nitrogens with one attached hydrogen (secondary N) is 1. The van der Waals surface area contributed by atoms with Gasteiger partial charge in [-0.1, -0.05) is 0 Å². The van der Waals surface area contributed by atoms with E-state index < -0.39 is 0 Å². The number of nitriles is 1. The molecule has 1 amide bonds. The molecule has 0 atom stereocenters. The summed E-state index contributed by atoms with van der Waals surface area (Å²) in [4.78, 5) is 10.5. The Bertz CT molecular complexity index is 451. The lowest BCUT2D eigenvalue weighted by Gasteiger charge is -2.08. The highest BCUT2D eigenvalue weighted by Gasteiger charge is 2.01. The zero-order valence-electron chi connectivity index (χ0n) is 10.3. The molecule has 5 heteroatoms. The van der Waals surface area contributed by atoms with Gasteiger partial charge in [0.15, 0.2) is 0 Å². The van der Waals surface area contributed by atoms with Gasteiger partial charge >= 0.3 is 0 Å². The number of carbonyl (C=O) groups excluding carboxylic acids is 1. The van der Waals surface area contributed by atoms with E-state index in [2.05, 4.69) is 11.4 Å². The van der Waals surface area contributed by atoms with Crippen molar-refractivity contribution in [2.75, 3.05) is 17.6 Å². The first kappa shape index (κ1) is 13.8. The predicted octanol–water partition coefficient (Wildman–Crippen LogP) is 1.40. The zero-order valence-corrected chi connectivity index (χ0v) is 10.3. The fraction of sp³-hybridized carbons (Fsp3) is 0.385. The summed E-state index contributed by atoms with van der Waals surface area (Å²) in [7, 11) is 0. The summed E-state index contributed by atoms with van der Waals surface area (Å²) in [5.74, 6) is -0.265. The number of rotatable bonds is 7. The van der Waals surface area contributed by atoms with Crippen LogP contribution in [-0.2, 0) is 11.2 Å². The van der Waals surface area contributed by atoms with Crippen molar-refractivity contribution in [3.63, 3.8) is 0 Å². The number of nitrogens with two attached hydrogens (primary N) is 2. The fourth-order valence-corrected chi connectivity index (χ4v) is 1.61. The Morgan fingerprint density at radius 2 is 2.17 bits per heavy atom. The average Bonchev–Trinajstić information content (AvgIpc) is 2.32. The van der Waals surface area contributed by atoms with Crippen LogP contribution in [0.15, 0.2) is 18.2 Å². The number of hydrogen-bond acceptors (Lipinski definition) is 4. The van der Waals surface area contributed by atoms with Crippen molar-refractivity contribution < 1.29 is 4.79 Å². The van der Waals surface area contributed by atoms with E-state index in [0.717, 1.165) is 30.6 Å². The lowest BCUT2D eigenvalue weighted by atomic mass is 10.1. The number of amides is 1. The second kappa shape index (κ2) is 7.17. The molecule has 0 aliphatic rings. The lowest BCUT2D eigenvalue weighted by molar-refractivity contribution is -0.118. The third-order valence-electron chi connectivity index (χ3n) is 2.59. The maximum atomic E-state index is 10.5. The van der Waals surface area contributed by atoms with E-state index in [4.69, 9.17) is 16.7 Å². The molecule has 0 aromatic heterocycles. The molecule has 18 heavy (non-hydrogen) atoms. The van der Waals surface area contributed by atoms with Crippen LogP contribution in [-0.4, -0.2) is 12.5 Å². The number of nitrogen functional groups attached to an aromatic ring is 1. The lowest BCUT2D eigenvalue weighted by Crippen LogP contribution is -2.11. The first-order chi connectivity index (χ1) is 8.63. The number of unbranched alkanes of at least 4 members (excludes halogenated alkanes) is 1. The van der Waals surface area contributed by atoms with Crippen LogP contribution < -0.4 is 16.8 Å². The second-order valence-corrected chi connectivity index (χ2v) is 4.10. The van der Waals surface area contributed by atoms with Gasteiger partial charge in [0.05, 0.1) is 12.5 Å². The molecule has 0 saturated heterocycles. The number of anilines is 2.